The van der Waals surface area contributed by atoms with E-state index < -0.39 is 24.8 Å². The lowest BCUT2D eigenvalue weighted by atomic mass is 10.1. The summed E-state index contributed by atoms with van der Waals surface area (Å²) in [6, 6.07) is 5.75. The number of ether oxygens (including phenoxy) is 1. The standard InChI is InChI=1S/C14H16N2O3.C4H4O4/c1-2-7-15-13-6-4-10-3-5-11(8-12(10)13)19-14(18)16-9-17;5-3(6)1-2-4(7)8/h1,3,5,8,13,15,17H,4,6-7,9H2,(H,16,18);1-2H,(H,5,6)(H,7,8)/b;2-1+. The van der Waals surface area contributed by atoms with Crippen LogP contribution in [0.2, 0.25) is 0 Å². The van der Waals surface area contributed by atoms with Gasteiger partial charge in [0.25, 0.3) is 0 Å². The SMILES string of the molecule is C#CCNC1CCc2ccc(OC(=O)NCO)cc21.O=C(O)/C=C/C(=O)O. The van der Waals surface area contributed by atoms with Crippen molar-refractivity contribution in [1.82, 2.24) is 10.6 Å². The first-order valence-corrected chi connectivity index (χ1v) is 7.87. The van der Waals surface area contributed by atoms with Gasteiger partial charge in [-0.25, -0.2) is 14.4 Å². The number of carbonyl (C=O) groups is 3. The zero-order chi connectivity index (χ0) is 20.2. The molecule has 0 saturated carbocycles. The van der Waals surface area contributed by atoms with Crippen molar-refractivity contribution in [3.8, 4) is 18.1 Å². The molecule has 0 bridgehead atoms. The van der Waals surface area contributed by atoms with Crippen molar-refractivity contribution in [3.63, 3.8) is 0 Å². The molecule has 144 valence electrons. The first-order chi connectivity index (χ1) is 12.9. The third kappa shape index (κ3) is 8.04. The van der Waals surface area contributed by atoms with E-state index in [4.69, 9.17) is 26.5 Å². The molecule has 1 aromatic carbocycles. The fourth-order valence-corrected chi connectivity index (χ4v) is 2.39. The zero-order valence-electron chi connectivity index (χ0n) is 14.3. The Morgan fingerprint density at radius 2 is 1.93 bits per heavy atom. The molecule has 2 rings (SSSR count). The highest BCUT2D eigenvalue weighted by molar-refractivity contribution is 5.89. The van der Waals surface area contributed by atoms with Gasteiger partial charge in [0.15, 0.2) is 0 Å². The second-order valence-corrected chi connectivity index (χ2v) is 5.27. The Balaban J connectivity index is 0.000000387. The minimum Gasteiger partial charge on any atom is -0.478 e. The van der Waals surface area contributed by atoms with Crippen molar-refractivity contribution in [2.75, 3.05) is 13.3 Å². The molecule has 0 saturated heterocycles. The van der Waals surface area contributed by atoms with Crippen LogP contribution in [0.3, 0.4) is 0 Å². The molecule has 5 N–H and O–H groups in total. The van der Waals surface area contributed by atoms with Gasteiger partial charge >= 0.3 is 18.0 Å². The lowest BCUT2D eigenvalue weighted by Gasteiger charge is -2.13. The Hall–Kier alpha value is -3.35. The molecule has 1 aromatic rings. The largest absolute Gasteiger partial charge is 0.478 e. The van der Waals surface area contributed by atoms with Crippen LogP contribution in [0.25, 0.3) is 0 Å². The third-order valence-corrected chi connectivity index (χ3v) is 3.45. The molecule has 9 nitrogen and oxygen atoms in total. The van der Waals surface area contributed by atoms with E-state index in [0.29, 0.717) is 24.4 Å². The zero-order valence-corrected chi connectivity index (χ0v) is 14.3. The third-order valence-electron chi connectivity index (χ3n) is 3.45. The summed E-state index contributed by atoms with van der Waals surface area (Å²) in [4.78, 5) is 30.3. The first kappa shape index (κ1) is 21.7. The first-order valence-electron chi connectivity index (χ1n) is 7.87. The molecule has 9 heteroatoms. The summed E-state index contributed by atoms with van der Waals surface area (Å²) in [5.74, 6) is 0.498. The second kappa shape index (κ2) is 11.3. The Bertz CT molecular complexity index is 737. The molecule has 1 amide bonds. The molecule has 0 heterocycles. The normalized spacial score (nSPS) is 14.4. The molecule has 1 aliphatic rings. The summed E-state index contributed by atoms with van der Waals surface area (Å²) in [5, 5.41) is 29.6. The van der Waals surface area contributed by atoms with Crippen LogP contribution >= 0.6 is 0 Å². The van der Waals surface area contributed by atoms with E-state index in [2.05, 4.69) is 16.6 Å². The van der Waals surface area contributed by atoms with Gasteiger partial charge in [0.2, 0.25) is 0 Å². The van der Waals surface area contributed by atoms with Crippen LogP contribution in [0.1, 0.15) is 23.6 Å². The lowest BCUT2D eigenvalue weighted by Crippen LogP contribution is -2.27. The number of carbonyl (C=O) groups excluding carboxylic acids is 1. The summed E-state index contributed by atoms with van der Waals surface area (Å²) in [6.45, 7) is 0.0658. The molecule has 0 spiro atoms. The number of carboxylic acids is 2. The Morgan fingerprint density at radius 1 is 1.26 bits per heavy atom. The average Bonchev–Trinajstić information content (AvgIpc) is 3.01. The van der Waals surface area contributed by atoms with Crippen LogP contribution in [-0.4, -0.2) is 46.6 Å². The van der Waals surface area contributed by atoms with Gasteiger partial charge in [-0.15, -0.1) is 6.42 Å². The van der Waals surface area contributed by atoms with Gasteiger partial charge in [0.05, 0.1) is 6.54 Å². The van der Waals surface area contributed by atoms with E-state index >= 15 is 0 Å². The number of aliphatic hydroxyl groups is 1. The minimum atomic E-state index is -1.26. The van der Waals surface area contributed by atoms with Crippen molar-refractivity contribution >= 4 is 18.0 Å². The van der Waals surface area contributed by atoms with Crippen LogP contribution in [-0.2, 0) is 16.0 Å². The highest BCUT2D eigenvalue weighted by Gasteiger charge is 2.22. The highest BCUT2D eigenvalue weighted by atomic mass is 16.6. The van der Waals surface area contributed by atoms with Crippen LogP contribution in [0.4, 0.5) is 4.79 Å². The predicted molar refractivity (Wildman–Crippen MR) is 95.0 cm³/mol. The lowest BCUT2D eigenvalue weighted by molar-refractivity contribution is -0.134. The maximum Gasteiger partial charge on any atom is 0.414 e. The van der Waals surface area contributed by atoms with Crippen molar-refractivity contribution in [2.45, 2.75) is 18.9 Å². The molecule has 1 unspecified atom stereocenters. The smallest absolute Gasteiger partial charge is 0.414 e. The van der Waals surface area contributed by atoms with Gasteiger partial charge in [-0.1, -0.05) is 12.0 Å². The number of hydrogen-bond acceptors (Lipinski definition) is 6. The summed E-state index contributed by atoms with van der Waals surface area (Å²) in [5.41, 5.74) is 2.36. The Morgan fingerprint density at radius 3 is 2.48 bits per heavy atom. The molecule has 27 heavy (non-hydrogen) atoms. The number of aryl methyl sites for hydroxylation is 1. The van der Waals surface area contributed by atoms with Crippen molar-refractivity contribution in [1.29, 1.82) is 0 Å². The molecular weight excluding hydrogens is 356 g/mol. The number of benzene rings is 1. The molecule has 0 fully saturated rings. The molecule has 0 aliphatic heterocycles. The molecule has 0 aromatic heterocycles. The van der Waals surface area contributed by atoms with Crippen LogP contribution < -0.4 is 15.4 Å². The number of fused-ring (bicyclic) bond motifs is 1. The number of nitrogens with one attached hydrogen (secondary N) is 2. The maximum absolute atomic E-state index is 11.2. The number of carboxylic acid groups (broad SMARTS) is 2. The Labute approximate surface area is 155 Å². The van der Waals surface area contributed by atoms with E-state index in [0.717, 1.165) is 18.4 Å². The van der Waals surface area contributed by atoms with E-state index in [1.54, 1.807) is 6.07 Å². The number of amides is 1. The molecule has 1 atom stereocenters. The fraction of sp³-hybridized carbons (Fsp3) is 0.278. The van der Waals surface area contributed by atoms with Crippen LogP contribution in [0.5, 0.6) is 5.75 Å². The molecular formula is C18H20N2O7. The molecule has 0 radical (unpaired) electrons. The van der Waals surface area contributed by atoms with Gasteiger partial charge in [0.1, 0.15) is 12.5 Å². The number of rotatable bonds is 6. The maximum atomic E-state index is 11.2. The summed E-state index contributed by atoms with van der Waals surface area (Å²) in [7, 11) is 0. The highest BCUT2D eigenvalue weighted by Crippen LogP contribution is 2.33. The fourth-order valence-electron chi connectivity index (χ4n) is 2.39. The number of terminal acetylenes is 1. The van der Waals surface area contributed by atoms with E-state index in [9.17, 15) is 14.4 Å². The number of aliphatic hydroxyl groups excluding tert-OH is 1. The monoisotopic (exact) mass is 376 g/mol. The number of aliphatic carboxylic acids is 2. The van der Waals surface area contributed by atoms with Gasteiger partial charge in [-0.05, 0) is 36.1 Å². The van der Waals surface area contributed by atoms with E-state index in [1.165, 1.54) is 5.56 Å². The second-order valence-electron chi connectivity index (χ2n) is 5.27. The topological polar surface area (TPSA) is 145 Å². The van der Waals surface area contributed by atoms with E-state index in [-0.39, 0.29) is 6.04 Å². The number of hydrogen-bond donors (Lipinski definition) is 5. The summed E-state index contributed by atoms with van der Waals surface area (Å²) < 4.78 is 5.05. The van der Waals surface area contributed by atoms with Crippen LogP contribution in [0.15, 0.2) is 30.4 Å². The van der Waals surface area contributed by atoms with Crippen molar-refractivity contribution < 1.29 is 34.4 Å². The van der Waals surface area contributed by atoms with Gasteiger partial charge < -0.3 is 20.1 Å². The Kier molecular flexibility index (Phi) is 9.08. The average molecular weight is 376 g/mol. The predicted octanol–water partition coefficient (Wildman–Crippen LogP) is 0.647. The van der Waals surface area contributed by atoms with Gasteiger partial charge in [-0.2, -0.15) is 0 Å². The van der Waals surface area contributed by atoms with Crippen LogP contribution in [0, 0.1) is 12.3 Å². The summed E-state index contributed by atoms with van der Waals surface area (Å²) in [6.07, 6.45) is 7.66. The van der Waals surface area contributed by atoms with Gasteiger partial charge in [0, 0.05) is 18.2 Å². The minimum absolute atomic E-state index is 0.204. The van der Waals surface area contributed by atoms with E-state index in [1.807, 2.05) is 12.1 Å². The van der Waals surface area contributed by atoms with Crippen molar-refractivity contribution in [2.24, 2.45) is 0 Å². The quantitative estimate of drug-likeness (QED) is 0.276. The van der Waals surface area contributed by atoms with Crippen molar-refractivity contribution in [3.05, 3.63) is 41.5 Å². The summed E-state index contributed by atoms with van der Waals surface area (Å²) >= 11 is 0. The van der Waals surface area contributed by atoms with Gasteiger partial charge in [-0.3, -0.25) is 10.6 Å². The molecule has 1 aliphatic carbocycles.